The second-order valence-electron chi connectivity index (χ2n) is 5.89. The summed E-state index contributed by atoms with van der Waals surface area (Å²) >= 11 is 0. The predicted octanol–water partition coefficient (Wildman–Crippen LogP) is 2.40. The molecule has 0 radical (unpaired) electrons. The highest BCUT2D eigenvalue weighted by Gasteiger charge is 2.13. The van der Waals surface area contributed by atoms with Gasteiger partial charge in [-0.15, -0.1) is 0 Å². The van der Waals surface area contributed by atoms with E-state index in [0.717, 1.165) is 16.9 Å². The molecule has 8 heteroatoms. The minimum absolute atomic E-state index is 0.281. The van der Waals surface area contributed by atoms with Gasteiger partial charge in [0.1, 0.15) is 5.82 Å². The van der Waals surface area contributed by atoms with E-state index in [4.69, 9.17) is 0 Å². The average molecular weight is 347 g/mol. The molecule has 0 saturated heterocycles. The lowest BCUT2D eigenvalue weighted by Gasteiger charge is -2.07. The van der Waals surface area contributed by atoms with Crippen LogP contribution in [0.2, 0.25) is 0 Å². The van der Waals surface area contributed by atoms with Crippen LogP contribution < -0.4 is 5.32 Å². The van der Waals surface area contributed by atoms with E-state index in [9.17, 15) is 4.79 Å². The number of amides is 1. The third-order valence-corrected chi connectivity index (χ3v) is 3.89. The number of nitrogens with one attached hydrogen (secondary N) is 2. The smallest absolute Gasteiger partial charge is 0.277 e. The zero-order valence-corrected chi connectivity index (χ0v) is 14.1. The molecule has 0 bridgehead atoms. The average Bonchev–Trinajstić information content (AvgIpc) is 3.38. The van der Waals surface area contributed by atoms with E-state index in [1.165, 1.54) is 0 Å². The summed E-state index contributed by atoms with van der Waals surface area (Å²) in [5.74, 6) is 0.319. The topological polar surface area (TPSA) is 93.4 Å². The maximum Gasteiger partial charge on any atom is 0.277 e. The van der Waals surface area contributed by atoms with Crippen LogP contribution in [0, 0.1) is 6.92 Å². The van der Waals surface area contributed by atoms with Crippen molar-refractivity contribution in [3.05, 3.63) is 78.0 Å². The van der Waals surface area contributed by atoms with Gasteiger partial charge in [-0.1, -0.05) is 18.2 Å². The number of aromatic amines is 1. The number of hydrogen-bond donors (Lipinski definition) is 2. The summed E-state index contributed by atoms with van der Waals surface area (Å²) in [6.45, 7) is 2.34. The lowest BCUT2D eigenvalue weighted by molar-refractivity contribution is 0.102. The van der Waals surface area contributed by atoms with Crippen molar-refractivity contribution < 1.29 is 4.79 Å². The van der Waals surface area contributed by atoms with Gasteiger partial charge < -0.3 is 5.32 Å². The Bertz CT molecular complexity index is 1030. The molecule has 0 aliphatic heterocycles. The van der Waals surface area contributed by atoms with E-state index in [2.05, 4.69) is 25.7 Å². The first-order valence-corrected chi connectivity index (χ1v) is 8.13. The zero-order chi connectivity index (χ0) is 17.9. The van der Waals surface area contributed by atoms with Crippen LogP contribution in [-0.2, 0) is 6.54 Å². The first-order chi connectivity index (χ1) is 12.7. The summed E-state index contributed by atoms with van der Waals surface area (Å²) in [6.07, 6.45) is 5.38. The van der Waals surface area contributed by atoms with Crippen LogP contribution >= 0.6 is 0 Å². The van der Waals surface area contributed by atoms with Gasteiger partial charge in [0.25, 0.3) is 5.91 Å². The Hall–Kier alpha value is -3.68. The van der Waals surface area contributed by atoms with E-state index in [1.807, 2.05) is 48.1 Å². The zero-order valence-electron chi connectivity index (χ0n) is 14.1. The molecule has 2 N–H and O–H groups in total. The standard InChI is InChI=1S/C18H17N7O/c1-13-9-16(23-22-13)18(26)21-17-7-8-19-25(17)12-14-10-20-24(11-14)15-5-3-2-4-6-15/h2-11H,12H2,1H3,(H,21,26)(H,22,23). The number of hydrogen-bond acceptors (Lipinski definition) is 4. The molecule has 4 rings (SSSR count). The summed E-state index contributed by atoms with van der Waals surface area (Å²) in [5.41, 5.74) is 3.13. The Kier molecular flexibility index (Phi) is 4.06. The molecule has 0 saturated carbocycles. The number of H-pyrrole nitrogens is 1. The number of para-hydroxylation sites is 1. The molecule has 0 fully saturated rings. The molecule has 0 aliphatic carbocycles. The maximum absolute atomic E-state index is 12.3. The van der Waals surface area contributed by atoms with Gasteiger partial charge in [0, 0.05) is 23.5 Å². The van der Waals surface area contributed by atoms with Gasteiger partial charge in [0.05, 0.1) is 24.6 Å². The van der Waals surface area contributed by atoms with Crippen molar-refractivity contribution in [2.75, 3.05) is 5.32 Å². The molecule has 0 atom stereocenters. The number of benzene rings is 1. The van der Waals surface area contributed by atoms with E-state index in [-0.39, 0.29) is 5.91 Å². The van der Waals surface area contributed by atoms with Crippen LogP contribution in [0.15, 0.2) is 61.1 Å². The second kappa shape index (κ2) is 6.67. The van der Waals surface area contributed by atoms with Gasteiger partial charge in [-0.25, -0.2) is 9.36 Å². The Balaban J connectivity index is 1.49. The quantitative estimate of drug-likeness (QED) is 0.580. The highest BCUT2D eigenvalue weighted by atomic mass is 16.2. The Labute approximate surface area is 149 Å². The predicted molar refractivity (Wildman–Crippen MR) is 96.2 cm³/mol. The molecule has 0 unspecified atom stereocenters. The number of nitrogens with zero attached hydrogens (tertiary/aromatic N) is 5. The highest BCUT2D eigenvalue weighted by Crippen LogP contribution is 2.13. The number of anilines is 1. The summed E-state index contributed by atoms with van der Waals surface area (Å²) in [6, 6.07) is 13.3. The lowest BCUT2D eigenvalue weighted by atomic mass is 10.3. The molecule has 0 spiro atoms. The fourth-order valence-corrected chi connectivity index (χ4v) is 2.62. The lowest BCUT2D eigenvalue weighted by Crippen LogP contribution is -2.16. The molecular formula is C18H17N7O. The molecule has 3 heterocycles. The number of aryl methyl sites for hydroxylation is 1. The highest BCUT2D eigenvalue weighted by molar-refractivity contribution is 6.02. The molecule has 130 valence electrons. The minimum atomic E-state index is -0.281. The van der Waals surface area contributed by atoms with Crippen LogP contribution in [0.25, 0.3) is 5.69 Å². The number of carbonyl (C=O) groups excluding carboxylic acids is 1. The van der Waals surface area contributed by atoms with E-state index < -0.39 is 0 Å². The largest absolute Gasteiger partial charge is 0.305 e. The Morgan fingerprint density at radius 3 is 2.81 bits per heavy atom. The van der Waals surface area contributed by atoms with Crippen molar-refractivity contribution >= 4 is 11.7 Å². The Morgan fingerprint density at radius 2 is 2.04 bits per heavy atom. The van der Waals surface area contributed by atoms with Crippen LogP contribution in [0.1, 0.15) is 21.7 Å². The number of carbonyl (C=O) groups is 1. The van der Waals surface area contributed by atoms with Gasteiger partial charge in [0.2, 0.25) is 0 Å². The molecule has 4 aromatic rings. The van der Waals surface area contributed by atoms with Crippen LogP contribution in [-0.4, -0.2) is 35.7 Å². The molecule has 3 aromatic heterocycles. The first kappa shape index (κ1) is 15.8. The summed E-state index contributed by atoms with van der Waals surface area (Å²) in [7, 11) is 0. The first-order valence-electron chi connectivity index (χ1n) is 8.13. The van der Waals surface area contributed by atoms with E-state index in [0.29, 0.717) is 18.1 Å². The van der Waals surface area contributed by atoms with Gasteiger partial charge in [0.15, 0.2) is 5.69 Å². The van der Waals surface area contributed by atoms with Crippen LogP contribution in [0.4, 0.5) is 5.82 Å². The third-order valence-electron chi connectivity index (χ3n) is 3.89. The van der Waals surface area contributed by atoms with Crippen molar-refractivity contribution in [1.82, 2.24) is 29.8 Å². The van der Waals surface area contributed by atoms with Crippen molar-refractivity contribution in [2.45, 2.75) is 13.5 Å². The molecule has 1 amide bonds. The van der Waals surface area contributed by atoms with Gasteiger partial charge in [-0.3, -0.25) is 9.89 Å². The summed E-state index contributed by atoms with van der Waals surface area (Å²) < 4.78 is 3.52. The molecular weight excluding hydrogens is 330 g/mol. The number of rotatable bonds is 5. The van der Waals surface area contributed by atoms with Crippen molar-refractivity contribution in [1.29, 1.82) is 0 Å². The summed E-state index contributed by atoms with van der Waals surface area (Å²) in [5, 5.41) is 18.2. The third kappa shape index (κ3) is 3.25. The van der Waals surface area contributed by atoms with Gasteiger partial charge in [-0.2, -0.15) is 15.3 Å². The normalized spacial score (nSPS) is 10.8. The monoisotopic (exact) mass is 347 g/mol. The molecule has 8 nitrogen and oxygen atoms in total. The van der Waals surface area contributed by atoms with Crippen LogP contribution in [0.5, 0.6) is 0 Å². The van der Waals surface area contributed by atoms with E-state index >= 15 is 0 Å². The number of aromatic nitrogens is 6. The SMILES string of the molecule is Cc1cc(C(=O)Nc2ccnn2Cc2cnn(-c3ccccc3)c2)n[nH]1. The Morgan fingerprint density at radius 1 is 1.19 bits per heavy atom. The second-order valence-corrected chi connectivity index (χ2v) is 5.89. The fourth-order valence-electron chi connectivity index (χ4n) is 2.62. The molecule has 0 aliphatic rings. The van der Waals surface area contributed by atoms with Gasteiger partial charge in [-0.05, 0) is 25.1 Å². The van der Waals surface area contributed by atoms with Crippen molar-refractivity contribution in [3.63, 3.8) is 0 Å². The molecule has 1 aromatic carbocycles. The summed E-state index contributed by atoms with van der Waals surface area (Å²) in [4.78, 5) is 12.3. The fraction of sp³-hybridized carbons (Fsp3) is 0.111. The molecule has 26 heavy (non-hydrogen) atoms. The minimum Gasteiger partial charge on any atom is -0.305 e. The van der Waals surface area contributed by atoms with Gasteiger partial charge >= 0.3 is 0 Å². The maximum atomic E-state index is 12.3. The van der Waals surface area contributed by atoms with Crippen LogP contribution in [0.3, 0.4) is 0 Å². The van der Waals surface area contributed by atoms with E-state index in [1.54, 1.807) is 29.2 Å². The van der Waals surface area contributed by atoms with Crippen molar-refractivity contribution in [3.8, 4) is 5.69 Å². The van der Waals surface area contributed by atoms with Crippen molar-refractivity contribution in [2.24, 2.45) is 0 Å².